The number of nitrogens with two attached hydrogens (primary N) is 1. The number of fused-ring (bicyclic) bond motifs is 1. The number of hydrogen-bond donors (Lipinski definition) is 2. The number of ether oxygens (including phenoxy) is 1. The molecule has 1 saturated carbocycles. The molecule has 0 aromatic carbocycles. The molecule has 0 radical (unpaired) electrons. The molecule has 1 aliphatic carbocycles. The van der Waals surface area contributed by atoms with Crippen molar-refractivity contribution in [2.75, 3.05) is 11.9 Å². The molecule has 3 heterocycles. The topological polar surface area (TPSA) is 129 Å². The van der Waals surface area contributed by atoms with Crippen LogP contribution in [-0.2, 0) is 23.0 Å². The fourth-order valence-corrected chi connectivity index (χ4v) is 4.85. The molecule has 2 aromatic heterocycles. The lowest BCUT2D eigenvalue weighted by Gasteiger charge is -2.16. The maximum Gasteiger partial charge on any atom is 0.354 e. The van der Waals surface area contributed by atoms with Gasteiger partial charge in [0.2, 0.25) is 5.88 Å². The van der Waals surface area contributed by atoms with Gasteiger partial charge >= 0.3 is 6.03 Å². The molecule has 2 aromatic rings. The Hall–Kier alpha value is -2.40. The molecule has 0 unspecified atom stereocenters. The van der Waals surface area contributed by atoms with Crippen LogP contribution in [-0.4, -0.2) is 36.4 Å². The van der Waals surface area contributed by atoms with E-state index in [4.69, 9.17) is 15.0 Å². The summed E-state index contributed by atoms with van der Waals surface area (Å²) < 4.78 is 26.1. The zero-order valence-electron chi connectivity index (χ0n) is 18.5. The van der Waals surface area contributed by atoms with Crippen LogP contribution in [0.25, 0.3) is 0 Å². The van der Waals surface area contributed by atoms with Crippen LogP contribution < -0.4 is 15.2 Å². The molecule has 4 rings (SSSR count). The number of hydrogen-bond acceptors (Lipinski definition) is 5. The molecule has 11 heteroatoms. The summed E-state index contributed by atoms with van der Waals surface area (Å²) in [5, 5.41) is 17.8. The number of nitrogens with zero attached hydrogens (tertiary/aromatic N) is 5. The van der Waals surface area contributed by atoms with Crippen LogP contribution in [0.2, 0.25) is 0 Å². The van der Waals surface area contributed by atoms with E-state index < -0.39 is 15.9 Å². The number of rotatable bonds is 6. The molecule has 2 aliphatic rings. The highest BCUT2D eigenvalue weighted by molar-refractivity contribution is 7.91. The SMILES string of the molecule is CC(C)c1nn(CC2CC2)c(C(C)C)c1NC(=O)N=[S@@](N)(=O)c1cnn2c1OCCC2. The molecule has 31 heavy (non-hydrogen) atoms. The minimum Gasteiger partial charge on any atom is -0.477 e. The van der Waals surface area contributed by atoms with Crippen LogP contribution >= 0.6 is 0 Å². The van der Waals surface area contributed by atoms with Crippen LogP contribution in [0.3, 0.4) is 0 Å². The number of anilines is 1. The van der Waals surface area contributed by atoms with Gasteiger partial charge in [-0.15, -0.1) is 4.36 Å². The minimum atomic E-state index is -3.52. The molecule has 10 nitrogen and oxygen atoms in total. The Labute approximate surface area is 182 Å². The van der Waals surface area contributed by atoms with E-state index in [1.807, 2.05) is 18.5 Å². The standard InChI is InChI=1S/C20H31N7O3S/c1-12(2)16-17(18(13(3)4)27(24-16)11-14-6-7-14)23-20(28)25-31(21,29)15-10-22-26-8-5-9-30-19(15)26/h10,12-14H,5-9,11H2,1-4H3,(H3,21,23,25,28,29)/t31-/m1/s1. The lowest BCUT2D eigenvalue weighted by atomic mass is 10.0. The first-order chi connectivity index (χ1) is 14.7. The molecular weight excluding hydrogens is 418 g/mol. The lowest BCUT2D eigenvalue weighted by molar-refractivity contribution is 0.224. The quantitative estimate of drug-likeness (QED) is 0.698. The van der Waals surface area contributed by atoms with E-state index in [2.05, 4.69) is 28.6 Å². The molecule has 3 N–H and O–H groups in total. The van der Waals surface area contributed by atoms with Gasteiger partial charge in [0.05, 0.1) is 29.9 Å². The summed E-state index contributed by atoms with van der Waals surface area (Å²) >= 11 is 0. The third kappa shape index (κ3) is 4.47. The Balaban J connectivity index is 1.67. The zero-order chi connectivity index (χ0) is 22.3. The zero-order valence-corrected chi connectivity index (χ0v) is 19.3. The third-order valence-corrected chi connectivity index (χ3v) is 6.87. The predicted molar refractivity (Wildman–Crippen MR) is 118 cm³/mol. The predicted octanol–water partition coefficient (Wildman–Crippen LogP) is 3.45. The Kier molecular flexibility index (Phi) is 5.82. The average molecular weight is 450 g/mol. The van der Waals surface area contributed by atoms with E-state index in [1.54, 1.807) is 4.68 Å². The van der Waals surface area contributed by atoms with Crippen molar-refractivity contribution in [3.63, 3.8) is 0 Å². The number of aryl methyl sites for hydroxylation is 1. The van der Waals surface area contributed by atoms with Crippen LogP contribution in [0.1, 0.15) is 70.2 Å². The molecule has 1 fully saturated rings. The van der Waals surface area contributed by atoms with Crippen LogP contribution in [0.4, 0.5) is 10.5 Å². The van der Waals surface area contributed by atoms with Gasteiger partial charge in [0, 0.05) is 19.5 Å². The molecule has 1 atom stereocenters. The normalized spacial score (nSPS) is 17.9. The first-order valence-corrected chi connectivity index (χ1v) is 12.4. The van der Waals surface area contributed by atoms with Gasteiger partial charge in [0.25, 0.3) is 0 Å². The maximum atomic E-state index is 13.1. The van der Waals surface area contributed by atoms with Gasteiger partial charge < -0.3 is 10.1 Å². The van der Waals surface area contributed by atoms with E-state index in [9.17, 15) is 9.00 Å². The summed E-state index contributed by atoms with van der Waals surface area (Å²) in [6.07, 6.45) is 4.59. The third-order valence-electron chi connectivity index (χ3n) is 5.52. The number of urea groups is 1. The Bertz CT molecular complexity index is 1100. The summed E-state index contributed by atoms with van der Waals surface area (Å²) in [7, 11) is -3.52. The van der Waals surface area contributed by atoms with Gasteiger partial charge in [-0.05, 0) is 30.6 Å². The monoisotopic (exact) mass is 449 g/mol. The van der Waals surface area contributed by atoms with Crippen LogP contribution in [0.15, 0.2) is 15.5 Å². The Morgan fingerprint density at radius 1 is 1.35 bits per heavy atom. The van der Waals surface area contributed by atoms with Gasteiger partial charge in [0.1, 0.15) is 4.90 Å². The van der Waals surface area contributed by atoms with E-state index in [0.29, 0.717) is 30.6 Å². The largest absolute Gasteiger partial charge is 0.477 e. The van der Waals surface area contributed by atoms with Crippen molar-refractivity contribution in [2.45, 2.75) is 76.8 Å². The first kappa shape index (κ1) is 21.8. The minimum absolute atomic E-state index is 0.103. The average Bonchev–Trinajstić information content (AvgIpc) is 3.25. The van der Waals surface area contributed by atoms with Crippen molar-refractivity contribution >= 4 is 21.6 Å². The highest BCUT2D eigenvalue weighted by Crippen LogP contribution is 2.37. The van der Waals surface area contributed by atoms with Gasteiger partial charge in [-0.1, -0.05) is 27.7 Å². The van der Waals surface area contributed by atoms with E-state index in [-0.39, 0.29) is 16.7 Å². The molecular formula is C20H31N7O3S. The lowest BCUT2D eigenvalue weighted by Crippen LogP contribution is -2.21. The summed E-state index contributed by atoms with van der Waals surface area (Å²) in [6.45, 7) is 10.2. The second-order valence-corrected chi connectivity index (χ2v) is 10.7. The van der Waals surface area contributed by atoms with Gasteiger partial charge in [0.15, 0.2) is 9.92 Å². The highest BCUT2D eigenvalue weighted by atomic mass is 32.2. The number of amides is 2. The molecule has 1 aliphatic heterocycles. The first-order valence-electron chi connectivity index (χ1n) is 10.8. The fraction of sp³-hybridized carbons (Fsp3) is 0.650. The molecule has 170 valence electrons. The summed E-state index contributed by atoms with van der Waals surface area (Å²) in [5.41, 5.74) is 2.39. The van der Waals surface area contributed by atoms with Crippen LogP contribution in [0.5, 0.6) is 5.88 Å². The Morgan fingerprint density at radius 3 is 2.74 bits per heavy atom. The second kappa shape index (κ2) is 8.27. The number of aromatic nitrogens is 4. The number of carbonyl (C=O) groups excluding carboxylic acids is 1. The highest BCUT2D eigenvalue weighted by Gasteiger charge is 2.29. The van der Waals surface area contributed by atoms with Gasteiger partial charge in [-0.2, -0.15) is 10.2 Å². The molecule has 2 amide bonds. The van der Waals surface area contributed by atoms with Gasteiger partial charge in [-0.3, -0.25) is 4.68 Å². The van der Waals surface area contributed by atoms with E-state index in [0.717, 1.165) is 24.4 Å². The Morgan fingerprint density at radius 2 is 2.10 bits per heavy atom. The maximum absolute atomic E-state index is 13.1. The van der Waals surface area contributed by atoms with Crippen molar-refractivity contribution in [3.8, 4) is 5.88 Å². The van der Waals surface area contributed by atoms with Crippen molar-refractivity contribution in [3.05, 3.63) is 17.6 Å². The van der Waals surface area contributed by atoms with Crippen molar-refractivity contribution in [1.29, 1.82) is 0 Å². The smallest absolute Gasteiger partial charge is 0.354 e. The van der Waals surface area contributed by atoms with Crippen LogP contribution in [0, 0.1) is 5.92 Å². The molecule has 0 saturated heterocycles. The van der Waals surface area contributed by atoms with Crippen molar-refractivity contribution in [2.24, 2.45) is 15.4 Å². The number of nitrogens with one attached hydrogen (secondary N) is 1. The number of carbonyl (C=O) groups is 1. The molecule has 0 spiro atoms. The van der Waals surface area contributed by atoms with Gasteiger partial charge in [-0.25, -0.2) is 18.8 Å². The summed E-state index contributed by atoms with van der Waals surface area (Å²) in [5.74, 6) is 1.21. The molecule has 0 bridgehead atoms. The van der Waals surface area contributed by atoms with Crippen molar-refractivity contribution < 1.29 is 13.7 Å². The summed E-state index contributed by atoms with van der Waals surface area (Å²) in [4.78, 5) is 13.0. The van der Waals surface area contributed by atoms with Crippen molar-refractivity contribution in [1.82, 2.24) is 19.6 Å². The summed E-state index contributed by atoms with van der Waals surface area (Å²) in [6, 6.07) is -0.766. The fourth-order valence-electron chi connectivity index (χ4n) is 3.85. The van der Waals surface area contributed by atoms with E-state index >= 15 is 0 Å². The second-order valence-electron chi connectivity index (χ2n) is 8.91. The van der Waals surface area contributed by atoms with E-state index in [1.165, 1.54) is 19.0 Å².